The number of halogens is 1. The number of benzene rings is 1. The van der Waals surface area contributed by atoms with Gasteiger partial charge in [-0.3, -0.25) is 4.79 Å². The summed E-state index contributed by atoms with van der Waals surface area (Å²) in [5.41, 5.74) is 0.755. The van der Waals surface area contributed by atoms with Crippen LogP contribution in [0.5, 0.6) is 5.75 Å². The van der Waals surface area contributed by atoms with Crippen LogP contribution in [0.2, 0.25) is 5.02 Å². The maximum atomic E-state index is 12.1. The van der Waals surface area contributed by atoms with E-state index in [9.17, 15) is 4.79 Å². The molecule has 0 unspecified atom stereocenters. The topological polar surface area (TPSA) is 29.5 Å². The van der Waals surface area contributed by atoms with E-state index in [1.807, 2.05) is 0 Å². The second-order valence-electron chi connectivity index (χ2n) is 4.04. The van der Waals surface area contributed by atoms with Crippen molar-refractivity contribution in [2.24, 2.45) is 0 Å². The van der Waals surface area contributed by atoms with Crippen molar-refractivity contribution < 1.29 is 9.53 Å². The highest BCUT2D eigenvalue weighted by Crippen LogP contribution is 2.23. The Balaban J connectivity index is 2.90. The zero-order valence-electron chi connectivity index (χ0n) is 11.5. The second-order valence-corrected chi connectivity index (χ2v) is 4.48. The van der Waals surface area contributed by atoms with Crippen LogP contribution in [-0.2, 0) is 4.79 Å². The Morgan fingerprint density at radius 2 is 2.00 bits per heavy atom. The van der Waals surface area contributed by atoms with Crippen molar-refractivity contribution in [1.82, 2.24) is 4.90 Å². The number of methoxy groups -OCH3 is 1. The minimum atomic E-state index is -0.119. The number of ether oxygens (including phenoxy) is 1. The summed E-state index contributed by atoms with van der Waals surface area (Å²) in [4.78, 5) is 13.7. The average molecular weight is 292 g/mol. The lowest BCUT2D eigenvalue weighted by molar-refractivity contribution is -0.124. The molecule has 1 amide bonds. The zero-order valence-corrected chi connectivity index (χ0v) is 12.3. The summed E-state index contributed by atoms with van der Waals surface area (Å²) in [5.74, 6) is 0.546. The number of hydrogen-bond acceptors (Lipinski definition) is 2. The van der Waals surface area contributed by atoms with Crippen molar-refractivity contribution in [3.05, 3.63) is 60.2 Å². The zero-order chi connectivity index (χ0) is 15.0. The van der Waals surface area contributed by atoms with Crippen LogP contribution in [0.4, 0.5) is 0 Å². The third kappa shape index (κ3) is 4.59. The largest absolute Gasteiger partial charge is 0.496 e. The maximum absolute atomic E-state index is 12.1. The second kappa shape index (κ2) is 8.23. The molecular weight excluding hydrogens is 274 g/mol. The highest BCUT2D eigenvalue weighted by Gasteiger charge is 2.07. The molecule has 0 saturated heterocycles. The molecule has 0 aromatic heterocycles. The summed E-state index contributed by atoms with van der Waals surface area (Å²) in [6, 6.07) is 5.24. The van der Waals surface area contributed by atoms with Gasteiger partial charge in [-0.1, -0.05) is 23.8 Å². The predicted molar refractivity (Wildman–Crippen MR) is 84.0 cm³/mol. The highest BCUT2D eigenvalue weighted by atomic mass is 35.5. The molecule has 0 fully saturated rings. The molecule has 0 bridgehead atoms. The number of carbonyl (C=O) groups is 1. The van der Waals surface area contributed by atoms with Crippen LogP contribution < -0.4 is 4.74 Å². The van der Waals surface area contributed by atoms with Crippen molar-refractivity contribution in [3.8, 4) is 5.75 Å². The van der Waals surface area contributed by atoms with E-state index in [1.165, 1.54) is 6.08 Å². The van der Waals surface area contributed by atoms with E-state index in [4.69, 9.17) is 16.3 Å². The third-order valence-electron chi connectivity index (χ3n) is 2.61. The molecule has 0 heterocycles. The first kappa shape index (κ1) is 16.1. The van der Waals surface area contributed by atoms with Gasteiger partial charge in [-0.25, -0.2) is 0 Å². The van der Waals surface area contributed by atoms with Gasteiger partial charge in [0.2, 0.25) is 5.91 Å². The fourth-order valence-corrected chi connectivity index (χ4v) is 1.85. The number of nitrogens with zero attached hydrogens (tertiary/aromatic N) is 1. The van der Waals surface area contributed by atoms with E-state index < -0.39 is 0 Å². The van der Waals surface area contributed by atoms with Crippen molar-refractivity contribution >= 4 is 23.6 Å². The summed E-state index contributed by atoms with van der Waals surface area (Å²) >= 11 is 5.94. The normalized spacial score (nSPS) is 10.3. The van der Waals surface area contributed by atoms with Gasteiger partial charge in [-0.15, -0.1) is 13.2 Å². The van der Waals surface area contributed by atoms with Crippen LogP contribution in [0.1, 0.15) is 5.56 Å². The predicted octanol–water partition coefficient (Wildman–Crippen LogP) is 3.56. The summed E-state index contributed by atoms with van der Waals surface area (Å²) < 4.78 is 5.22. The molecule has 0 aliphatic rings. The van der Waals surface area contributed by atoms with Crippen molar-refractivity contribution in [3.63, 3.8) is 0 Å². The van der Waals surface area contributed by atoms with Crippen molar-refractivity contribution in [2.45, 2.75) is 0 Å². The third-order valence-corrected chi connectivity index (χ3v) is 2.84. The maximum Gasteiger partial charge on any atom is 0.247 e. The monoisotopic (exact) mass is 291 g/mol. The Hall–Kier alpha value is -2.00. The van der Waals surface area contributed by atoms with E-state index in [1.54, 1.807) is 48.4 Å². The first-order chi connectivity index (χ1) is 9.62. The lowest BCUT2D eigenvalue weighted by Gasteiger charge is -2.16. The van der Waals surface area contributed by atoms with Gasteiger partial charge in [0.05, 0.1) is 7.11 Å². The molecule has 106 valence electrons. The molecule has 0 aliphatic carbocycles. The van der Waals surface area contributed by atoms with Crippen LogP contribution in [-0.4, -0.2) is 31.0 Å². The molecule has 0 aliphatic heterocycles. The summed E-state index contributed by atoms with van der Waals surface area (Å²) in [6.07, 6.45) is 6.53. The molecule has 0 radical (unpaired) electrons. The molecule has 3 nitrogen and oxygen atoms in total. The van der Waals surface area contributed by atoms with Crippen LogP contribution in [0.3, 0.4) is 0 Å². The number of rotatable bonds is 7. The Kier molecular flexibility index (Phi) is 6.60. The minimum Gasteiger partial charge on any atom is -0.496 e. The molecule has 0 saturated carbocycles. The van der Waals surface area contributed by atoms with E-state index in [0.717, 1.165) is 5.56 Å². The number of carbonyl (C=O) groups excluding carboxylic acids is 1. The van der Waals surface area contributed by atoms with Crippen LogP contribution in [0.25, 0.3) is 6.08 Å². The van der Waals surface area contributed by atoms with E-state index in [0.29, 0.717) is 23.9 Å². The lowest BCUT2D eigenvalue weighted by Crippen LogP contribution is -2.29. The Bertz CT molecular complexity index is 513. The van der Waals surface area contributed by atoms with Gasteiger partial charge in [-0.2, -0.15) is 0 Å². The molecule has 0 N–H and O–H groups in total. The first-order valence-electron chi connectivity index (χ1n) is 6.14. The summed E-state index contributed by atoms with van der Waals surface area (Å²) in [6.45, 7) is 8.21. The fraction of sp³-hybridized carbons (Fsp3) is 0.188. The van der Waals surface area contributed by atoms with Crippen LogP contribution in [0, 0.1) is 0 Å². The molecule has 20 heavy (non-hydrogen) atoms. The molecular formula is C16H18ClNO2. The lowest BCUT2D eigenvalue weighted by atomic mass is 10.2. The highest BCUT2D eigenvalue weighted by molar-refractivity contribution is 6.30. The van der Waals surface area contributed by atoms with Gasteiger partial charge in [-0.05, 0) is 24.3 Å². The summed E-state index contributed by atoms with van der Waals surface area (Å²) in [5, 5.41) is 0.590. The van der Waals surface area contributed by atoms with Crippen molar-refractivity contribution in [1.29, 1.82) is 0 Å². The molecule has 0 atom stereocenters. The average Bonchev–Trinajstić information content (AvgIpc) is 2.44. The Morgan fingerprint density at radius 1 is 1.35 bits per heavy atom. The van der Waals surface area contributed by atoms with Gasteiger partial charge >= 0.3 is 0 Å². The van der Waals surface area contributed by atoms with E-state index in [2.05, 4.69) is 13.2 Å². The standard InChI is InChI=1S/C16H18ClNO2/c1-4-10-18(11-5-2)16(19)9-6-13-12-14(17)7-8-15(13)20-3/h4-9,12H,1-2,10-11H2,3H3. The van der Waals surface area contributed by atoms with Crippen LogP contribution in [0.15, 0.2) is 49.6 Å². The molecule has 1 aromatic rings. The van der Waals surface area contributed by atoms with Gasteiger partial charge in [0.15, 0.2) is 0 Å². The minimum absolute atomic E-state index is 0.119. The molecule has 1 rings (SSSR count). The number of hydrogen-bond donors (Lipinski definition) is 0. The van der Waals surface area contributed by atoms with E-state index in [-0.39, 0.29) is 5.91 Å². The van der Waals surface area contributed by atoms with Gasteiger partial charge < -0.3 is 9.64 Å². The molecule has 4 heteroatoms. The Labute approximate surface area is 124 Å². The van der Waals surface area contributed by atoms with Gasteiger partial charge in [0.1, 0.15) is 5.75 Å². The fourth-order valence-electron chi connectivity index (χ4n) is 1.67. The quantitative estimate of drug-likeness (QED) is 0.568. The van der Waals surface area contributed by atoms with Crippen molar-refractivity contribution in [2.75, 3.05) is 20.2 Å². The SMILES string of the molecule is C=CCN(CC=C)C(=O)C=Cc1cc(Cl)ccc1OC. The van der Waals surface area contributed by atoms with Crippen LogP contribution >= 0.6 is 11.6 Å². The summed E-state index contributed by atoms with van der Waals surface area (Å²) in [7, 11) is 1.57. The number of amides is 1. The van der Waals surface area contributed by atoms with E-state index >= 15 is 0 Å². The van der Waals surface area contributed by atoms with Gasteiger partial charge in [0, 0.05) is 29.8 Å². The van der Waals surface area contributed by atoms with Gasteiger partial charge in [0.25, 0.3) is 0 Å². The molecule has 0 spiro atoms. The molecule has 1 aromatic carbocycles. The Morgan fingerprint density at radius 3 is 2.55 bits per heavy atom. The smallest absolute Gasteiger partial charge is 0.247 e. The first-order valence-corrected chi connectivity index (χ1v) is 6.52.